The average molecular weight is 499 g/mol. The van der Waals surface area contributed by atoms with E-state index >= 15 is 0 Å². The third kappa shape index (κ3) is 10.1. The second-order valence-corrected chi connectivity index (χ2v) is 6.47. The zero-order valence-corrected chi connectivity index (χ0v) is 19.4. The van der Waals surface area contributed by atoms with Gasteiger partial charge in [0.25, 0.3) is 0 Å². The number of ether oxygens (including phenoxy) is 1. The highest BCUT2D eigenvalue weighted by Crippen LogP contribution is 2.08. The monoisotopic (exact) mass is 499 g/mol. The summed E-state index contributed by atoms with van der Waals surface area (Å²) in [4.78, 5) is 4.70. The lowest BCUT2D eigenvalue weighted by Crippen LogP contribution is -2.38. The van der Waals surface area contributed by atoms with Crippen molar-refractivity contribution in [2.45, 2.75) is 46.2 Å². The molecule has 0 saturated heterocycles. The normalized spacial score (nSPS) is 11.1. The van der Waals surface area contributed by atoms with Crippen molar-refractivity contribution in [3.8, 4) is 0 Å². The zero-order chi connectivity index (χ0) is 19.2. The minimum Gasteiger partial charge on any atom is -0.381 e. The number of nitrogens with one attached hydrogen (secondary N) is 2. The lowest BCUT2D eigenvalue weighted by molar-refractivity contribution is 0.129. The van der Waals surface area contributed by atoms with Crippen molar-refractivity contribution < 1.29 is 4.74 Å². The van der Waals surface area contributed by atoms with E-state index in [1.165, 1.54) is 17.5 Å². The van der Waals surface area contributed by atoms with Crippen molar-refractivity contribution in [1.29, 1.82) is 0 Å². The Bertz CT molecular complexity index is 661. The molecule has 6 nitrogen and oxygen atoms in total. The van der Waals surface area contributed by atoms with Gasteiger partial charge in [-0.3, -0.25) is 4.68 Å². The van der Waals surface area contributed by atoms with Crippen LogP contribution in [-0.4, -0.2) is 42.0 Å². The van der Waals surface area contributed by atoms with Crippen LogP contribution in [0.15, 0.2) is 47.7 Å². The van der Waals surface area contributed by atoms with Gasteiger partial charge in [-0.15, -0.1) is 24.0 Å². The first-order chi connectivity index (χ1) is 13.3. The molecule has 0 spiro atoms. The van der Waals surface area contributed by atoms with Crippen LogP contribution in [0.2, 0.25) is 0 Å². The molecule has 0 fully saturated rings. The van der Waals surface area contributed by atoms with Crippen LogP contribution in [0, 0.1) is 0 Å². The molecule has 2 rings (SSSR count). The Morgan fingerprint density at radius 1 is 1.11 bits per heavy atom. The van der Waals surface area contributed by atoms with Gasteiger partial charge in [0, 0.05) is 38.7 Å². The molecular formula is C21H34IN5O. The SMILES string of the molecule is CCCCOCCCNC(=NCc1cccc(Cn2cccn2)c1)NCC.I. The molecule has 1 heterocycles. The number of hydrogen-bond acceptors (Lipinski definition) is 3. The van der Waals surface area contributed by atoms with Gasteiger partial charge < -0.3 is 15.4 Å². The quantitative estimate of drug-likeness (QED) is 0.202. The molecule has 1 aromatic carbocycles. The third-order valence-electron chi connectivity index (χ3n) is 4.06. The summed E-state index contributed by atoms with van der Waals surface area (Å²) in [5.74, 6) is 0.850. The van der Waals surface area contributed by atoms with Gasteiger partial charge in [-0.2, -0.15) is 5.10 Å². The van der Waals surface area contributed by atoms with Crippen molar-refractivity contribution in [3.05, 3.63) is 53.9 Å². The summed E-state index contributed by atoms with van der Waals surface area (Å²) in [5, 5.41) is 10.9. The summed E-state index contributed by atoms with van der Waals surface area (Å²) in [6.07, 6.45) is 7.07. The maximum absolute atomic E-state index is 5.59. The van der Waals surface area contributed by atoms with Gasteiger partial charge in [-0.1, -0.05) is 37.6 Å². The van der Waals surface area contributed by atoms with Crippen LogP contribution < -0.4 is 10.6 Å². The molecule has 0 amide bonds. The first-order valence-corrected chi connectivity index (χ1v) is 9.97. The van der Waals surface area contributed by atoms with Gasteiger partial charge in [-0.05, 0) is 37.0 Å². The van der Waals surface area contributed by atoms with Crippen molar-refractivity contribution >= 4 is 29.9 Å². The Labute approximate surface area is 186 Å². The minimum atomic E-state index is 0. The Hall–Kier alpha value is -1.61. The van der Waals surface area contributed by atoms with Crippen LogP contribution in [0.4, 0.5) is 0 Å². The molecule has 0 radical (unpaired) electrons. The van der Waals surface area contributed by atoms with E-state index < -0.39 is 0 Å². The molecule has 28 heavy (non-hydrogen) atoms. The Kier molecular flexibility index (Phi) is 13.4. The molecule has 2 N–H and O–H groups in total. The molecule has 7 heteroatoms. The molecule has 0 aliphatic heterocycles. The predicted molar refractivity (Wildman–Crippen MR) is 126 cm³/mol. The van der Waals surface area contributed by atoms with E-state index in [0.29, 0.717) is 6.54 Å². The molecule has 0 saturated carbocycles. The molecule has 156 valence electrons. The summed E-state index contributed by atoms with van der Waals surface area (Å²) in [7, 11) is 0. The second-order valence-electron chi connectivity index (χ2n) is 6.47. The van der Waals surface area contributed by atoms with Crippen molar-refractivity contribution in [1.82, 2.24) is 20.4 Å². The molecule has 1 aromatic heterocycles. The number of nitrogens with zero attached hydrogens (tertiary/aromatic N) is 3. The number of aliphatic imine (C=N–C) groups is 1. The molecular weight excluding hydrogens is 465 g/mol. The summed E-state index contributed by atoms with van der Waals surface area (Å²) in [6.45, 7) is 9.04. The van der Waals surface area contributed by atoms with Crippen LogP contribution in [-0.2, 0) is 17.8 Å². The first-order valence-electron chi connectivity index (χ1n) is 9.97. The van der Waals surface area contributed by atoms with Crippen LogP contribution in [0.5, 0.6) is 0 Å². The Morgan fingerprint density at radius 3 is 2.68 bits per heavy atom. The van der Waals surface area contributed by atoms with Crippen molar-refractivity contribution in [2.75, 3.05) is 26.3 Å². The number of rotatable bonds is 12. The Balaban J connectivity index is 0.00000392. The van der Waals surface area contributed by atoms with E-state index in [2.05, 4.69) is 53.8 Å². The summed E-state index contributed by atoms with van der Waals surface area (Å²) < 4.78 is 7.52. The van der Waals surface area contributed by atoms with E-state index in [-0.39, 0.29) is 24.0 Å². The average Bonchev–Trinajstić information content (AvgIpc) is 3.18. The van der Waals surface area contributed by atoms with Crippen LogP contribution >= 0.6 is 24.0 Å². The summed E-state index contributed by atoms with van der Waals surface area (Å²) in [6, 6.07) is 10.4. The fraction of sp³-hybridized carbons (Fsp3) is 0.524. The summed E-state index contributed by atoms with van der Waals surface area (Å²) >= 11 is 0. The van der Waals surface area contributed by atoms with E-state index in [1.807, 2.05) is 16.9 Å². The maximum atomic E-state index is 5.59. The van der Waals surface area contributed by atoms with E-state index in [0.717, 1.165) is 51.6 Å². The van der Waals surface area contributed by atoms with E-state index in [4.69, 9.17) is 9.73 Å². The molecule has 0 atom stereocenters. The lowest BCUT2D eigenvalue weighted by atomic mass is 10.1. The number of aromatic nitrogens is 2. The predicted octanol–water partition coefficient (Wildman–Crippen LogP) is 3.81. The molecule has 0 unspecified atom stereocenters. The second kappa shape index (κ2) is 15.3. The van der Waals surface area contributed by atoms with Crippen LogP contribution in [0.25, 0.3) is 0 Å². The van der Waals surface area contributed by atoms with Gasteiger partial charge >= 0.3 is 0 Å². The number of benzene rings is 1. The number of guanidine groups is 1. The topological polar surface area (TPSA) is 63.5 Å². The van der Waals surface area contributed by atoms with Crippen LogP contribution in [0.1, 0.15) is 44.2 Å². The zero-order valence-electron chi connectivity index (χ0n) is 17.1. The maximum Gasteiger partial charge on any atom is 0.191 e. The minimum absolute atomic E-state index is 0. The Morgan fingerprint density at radius 2 is 1.93 bits per heavy atom. The molecule has 0 bridgehead atoms. The highest BCUT2D eigenvalue weighted by molar-refractivity contribution is 14.0. The smallest absolute Gasteiger partial charge is 0.191 e. The molecule has 2 aromatic rings. The summed E-state index contributed by atoms with van der Waals surface area (Å²) in [5.41, 5.74) is 2.42. The lowest BCUT2D eigenvalue weighted by Gasteiger charge is -2.12. The van der Waals surface area contributed by atoms with E-state index in [9.17, 15) is 0 Å². The first kappa shape index (κ1) is 24.4. The van der Waals surface area contributed by atoms with Gasteiger partial charge in [0.15, 0.2) is 5.96 Å². The fourth-order valence-corrected chi connectivity index (χ4v) is 2.65. The number of halogens is 1. The largest absolute Gasteiger partial charge is 0.381 e. The highest BCUT2D eigenvalue weighted by Gasteiger charge is 2.00. The van der Waals surface area contributed by atoms with Gasteiger partial charge in [0.1, 0.15) is 0 Å². The van der Waals surface area contributed by atoms with Gasteiger partial charge in [0.2, 0.25) is 0 Å². The van der Waals surface area contributed by atoms with Gasteiger partial charge in [0.05, 0.1) is 13.1 Å². The van der Waals surface area contributed by atoms with Crippen LogP contribution in [0.3, 0.4) is 0 Å². The fourth-order valence-electron chi connectivity index (χ4n) is 2.65. The van der Waals surface area contributed by atoms with Crippen molar-refractivity contribution in [3.63, 3.8) is 0 Å². The number of hydrogen-bond donors (Lipinski definition) is 2. The standard InChI is InChI=1S/C21H33N5O.HI/c1-3-5-14-27-15-8-11-23-21(22-4-2)24-17-19-9-6-10-20(16-19)18-26-13-7-12-25-26;/h6-7,9-10,12-13,16H,3-5,8,11,14-15,17-18H2,1-2H3,(H2,22,23,24);1H. The number of unbranched alkanes of at least 4 members (excludes halogenated alkanes) is 1. The third-order valence-corrected chi connectivity index (χ3v) is 4.06. The van der Waals surface area contributed by atoms with E-state index in [1.54, 1.807) is 6.20 Å². The molecule has 0 aliphatic rings. The molecule has 0 aliphatic carbocycles. The highest BCUT2D eigenvalue weighted by atomic mass is 127. The van der Waals surface area contributed by atoms with Gasteiger partial charge in [-0.25, -0.2) is 4.99 Å². The van der Waals surface area contributed by atoms with Crippen molar-refractivity contribution in [2.24, 2.45) is 4.99 Å².